The monoisotopic (exact) mass is 126 g/mol. The van der Waals surface area contributed by atoms with Crippen LogP contribution in [0.15, 0.2) is 16.2 Å². The van der Waals surface area contributed by atoms with Gasteiger partial charge in [-0.25, -0.2) is 4.99 Å². The van der Waals surface area contributed by atoms with Crippen LogP contribution in [0.5, 0.6) is 0 Å². The average Bonchev–Trinajstić information content (AvgIpc) is 2.15. The molecule has 2 aliphatic heterocycles. The Morgan fingerprint density at radius 3 is 3.62 bits per heavy atom. The fourth-order valence-electron chi connectivity index (χ4n) is 0.834. The van der Waals surface area contributed by atoms with Crippen LogP contribution in [0.3, 0.4) is 0 Å². The van der Waals surface area contributed by atoms with Crippen molar-refractivity contribution in [2.75, 3.05) is 12.4 Å². The summed E-state index contributed by atoms with van der Waals surface area (Å²) in [5.74, 6) is 2.24. The van der Waals surface area contributed by atoms with Crippen molar-refractivity contribution in [2.24, 2.45) is 4.99 Å². The third kappa shape index (κ3) is 0.478. The van der Waals surface area contributed by atoms with Crippen molar-refractivity contribution in [3.05, 3.63) is 11.2 Å². The predicted octanol–water partition coefficient (Wildman–Crippen LogP) is 0.876. The van der Waals surface area contributed by atoms with Crippen LogP contribution in [0.25, 0.3) is 0 Å². The van der Waals surface area contributed by atoms with E-state index in [-0.39, 0.29) is 0 Å². The van der Waals surface area contributed by atoms with Gasteiger partial charge in [-0.15, -0.1) is 11.8 Å². The highest BCUT2D eigenvalue weighted by atomic mass is 32.2. The van der Waals surface area contributed by atoms with Crippen LogP contribution in [0, 0.1) is 0 Å². The molecule has 0 aliphatic carbocycles. The largest absolute Gasteiger partial charge is 0.341 e. The molecule has 0 saturated heterocycles. The fraction of sp³-hybridized carbons (Fsp3) is 0.400. The molecular formula is C5H6N2S. The first-order valence-corrected chi connectivity index (χ1v) is 3.61. The molecule has 2 rings (SSSR count). The lowest BCUT2D eigenvalue weighted by atomic mass is 10.7. The summed E-state index contributed by atoms with van der Waals surface area (Å²) in [6.45, 7) is 1.01. The van der Waals surface area contributed by atoms with Crippen LogP contribution >= 0.6 is 11.8 Å². The highest BCUT2D eigenvalue weighted by Crippen LogP contribution is 2.25. The lowest BCUT2D eigenvalue weighted by Gasteiger charge is -2.07. The molecule has 0 aromatic rings. The number of rotatable bonds is 0. The summed E-state index contributed by atoms with van der Waals surface area (Å²) >= 11 is 1.82. The van der Waals surface area contributed by atoms with E-state index in [1.54, 1.807) is 0 Å². The first-order valence-electron chi connectivity index (χ1n) is 2.56. The van der Waals surface area contributed by atoms with Gasteiger partial charge >= 0.3 is 0 Å². The predicted molar refractivity (Wildman–Crippen MR) is 35.7 cm³/mol. The topological polar surface area (TPSA) is 15.6 Å². The molecule has 0 radical (unpaired) electrons. The second-order valence-electron chi connectivity index (χ2n) is 1.81. The lowest BCUT2D eigenvalue weighted by molar-refractivity contribution is 0.489. The molecule has 2 aliphatic rings. The average molecular weight is 126 g/mol. The summed E-state index contributed by atoms with van der Waals surface area (Å²) in [5.41, 5.74) is 0. The third-order valence-corrected chi connectivity index (χ3v) is 2.11. The van der Waals surface area contributed by atoms with E-state index in [2.05, 4.69) is 15.3 Å². The maximum Gasteiger partial charge on any atom is 0.135 e. The van der Waals surface area contributed by atoms with Gasteiger partial charge < -0.3 is 4.90 Å². The molecule has 0 unspecified atom stereocenters. The van der Waals surface area contributed by atoms with Crippen LogP contribution < -0.4 is 0 Å². The summed E-state index contributed by atoms with van der Waals surface area (Å²) in [4.78, 5) is 6.38. The Hall–Kier alpha value is -0.440. The standard InChI is InChI=1S/C5H6N2S/c1-2-7-4-8-3-5(7)6-1/h1,3H,2,4H2. The molecule has 0 aromatic carbocycles. The minimum absolute atomic E-state index is 1.01. The summed E-state index contributed by atoms with van der Waals surface area (Å²) in [7, 11) is 0. The Balaban J connectivity index is 2.31. The smallest absolute Gasteiger partial charge is 0.135 e. The number of thioether (sulfide) groups is 1. The Kier molecular flexibility index (Phi) is 0.842. The van der Waals surface area contributed by atoms with E-state index in [0.29, 0.717) is 0 Å². The highest BCUT2D eigenvalue weighted by molar-refractivity contribution is 8.02. The van der Waals surface area contributed by atoms with Crippen molar-refractivity contribution in [1.82, 2.24) is 4.90 Å². The number of nitrogens with zero attached hydrogens (tertiary/aromatic N) is 2. The molecule has 0 aromatic heterocycles. The normalized spacial score (nSPS) is 24.0. The molecule has 0 saturated carbocycles. The number of hydrogen-bond donors (Lipinski definition) is 0. The summed E-state index contributed by atoms with van der Waals surface area (Å²) in [6.07, 6.45) is 1.95. The zero-order valence-corrected chi connectivity index (χ0v) is 5.19. The van der Waals surface area contributed by atoms with Gasteiger partial charge in [0.1, 0.15) is 5.82 Å². The van der Waals surface area contributed by atoms with E-state index in [4.69, 9.17) is 0 Å². The molecule has 0 bridgehead atoms. The minimum atomic E-state index is 1.01. The van der Waals surface area contributed by atoms with Crippen LogP contribution in [-0.4, -0.2) is 23.5 Å². The van der Waals surface area contributed by atoms with Crippen LogP contribution in [0.4, 0.5) is 0 Å². The summed E-state index contributed by atoms with van der Waals surface area (Å²) in [6, 6.07) is 0. The van der Waals surface area contributed by atoms with Gasteiger partial charge in [0.15, 0.2) is 0 Å². The summed E-state index contributed by atoms with van der Waals surface area (Å²) < 4.78 is 0. The van der Waals surface area contributed by atoms with Crippen molar-refractivity contribution in [3.8, 4) is 0 Å². The Morgan fingerprint density at radius 1 is 1.75 bits per heavy atom. The van der Waals surface area contributed by atoms with Gasteiger partial charge in [0.05, 0.1) is 12.4 Å². The van der Waals surface area contributed by atoms with Crippen molar-refractivity contribution in [2.45, 2.75) is 0 Å². The first-order chi connectivity index (χ1) is 3.97. The molecule has 0 spiro atoms. The molecule has 2 heterocycles. The molecular weight excluding hydrogens is 120 g/mol. The van der Waals surface area contributed by atoms with E-state index in [9.17, 15) is 0 Å². The van der Waals surface area contributed by atoms with Crippen LogP contribution in [0.1, 0.15) is 0 Å². The lowest BCUT2D eigenvalue weighted by Crippen LogP contribution is -2.13. The Labute approximate surface area is 52.3 Å². The molecule has 0 fully saturated rings. The summed E-state index contributed by atoms with van der Waals surface area (Å²) in [5, 5.41) is 2.10. The quantitative estimate of drug-likeness (QED) is 0.478. The van der Waals surface area contributed by atoms with E-state index >= 15 is 0 Å². The van der Waals surface area contributed by atoms with Gasteiger partial charge in [0.25, 0.3) is 0 Å². The molecule has 2 nitrogen and oxygen atoms in total. The van der Waals surface area contributed by atoms with E-state index < -0.39 is 0 Å². The molecule has 0 N–H and O–H groups in total. The van der Waals surface area contributed by atoms with E-state index in [0.717, 1.165) is 18.2 Å². The van der Waals surface area contributed by atoms with Crippen LogP contribution in [0.2, 0.25) is 0 Å². The van der Waals surface area contributed by atoms with Crippen LogP contribution in [-0.2, 0) is 0 Å². The Bertz CT molecular complexity index is 162. The maximum absolute atomic E-state index is 4.14. The molecule has 0 atom stereocenters. The number of fused-ring (bicyclic) bond motifs is 1. The molecule has 0 amide bonds. The van der Waals surface area contributed by atoms with Gasteiger partial charge in [0, 0.05) is 11.6 Å². The maximum atomic E-state index is 4.14. The van der Waals surface area contributed by atoms with Gasteiger partial charge in [-0.05, 0) is 0 Å². The second-order valence-corrected chi connectivity index (χ2v) is 2.63. The second kappa shape index (κ2) is 1.52. The zero-order chi connectivity index (χ0) is 5.40. The van der Waals surface area contributed by atoms with Gasteiger partial charge in [-0.2, -0.15) is 0 Å². The first kappa shape index (κ1) is 4.44. The van der Waals surface area contributed by atoms with Crippen molar-refractivity contribution in [1.29, 1.82) is 0 Å². The third-order valence-electron chi connectivity index (χ3n) is 1.27. The minimum Gasteiger partial charge on any atom is -0.341 e. The van der Waals surface area contributed by atoms with E-state index in [1.165, 1.54) is 0 Å². The number of aliphatic imine (C=N–C) groups is 1. The van der Waals surface area contributed by atoms with Gasteiger partial charge in [-0.1, -0.05) is 0 Å². The molecule has 3 heteroatoms. The van der Waals surface area contributed by atoms with Gasteiger partial charge in [-0.3, -0.25) is 0 Å². The zero-order valence-electron chi connectivity index (χ0n) is 4.37. The fourth-order valence-corrected chi connectivity index (χ4v) is 1.68. The highest BCUT2D eigenvalue weighted by Gasteiger charge is 2.16. The number of hydrogen-bond acceptors (Lipinski definition) is 3. The SMILES string of the molecule is C1=NC2=CSCN2C1. The Morgan fingerprint density at radius 2 is 2.75 bits per heavy atom. The molecule has 8 heavy (non-hydrogen) atoms. The van der Waals surface area contributed by atoms with Gasteiger partial charge in [0.2, 0.25) is 0 Å². The van der Waals surface area contributed by atoms with Crippen molar-refractivity contribution in [3.63, 3.8) is 0 Å². The van der Waals surface area contributed by atoms with E-state index in [1.807, 2.05) is 18.0 Å². The molecule has 42 valence electrons. The van der Waals surface area contributed by atoms with Crippen molar-refractivity contribution < 1.29 is 0 Å². The van der Waals surface area contributed by atoms with Crippen molar-refractivity contribution >= 4 is 18.0 Å².